The number of likely N-dealkylation sites (tertiary alicyclic amines) is 1. The van der Waals surface area contributed by atoms with Gasteiger partial charge in [0, 0.05) is 25.2 Å². The van der Waals surface area contributed by atoms with Crippen LogP contribution in [0, 0.1) is 5.92 Å². The van der Waals surface area contributed by atoms with Crippen molar-refractivity contribution in [2.75, 3.05) is 26.7 Å². The molecule has 1 heterocycles. The quantitative estimate of drug-likeness (QED) is 0.667. The Morgan fingerprint density at radius 3 is 2.21 bits per heavy atom. The zero-order valence-corrected chi connectivity index (χ0v) is 10.5. The average Bonchev–Trinajstić information content (AvgIpc) is 1.97. The van der Waals surface area contributed by atoms with E-state index >= 15 is 0 Å². The van der Waals surface area contributed by atoms with Crippen LogP contribution < -0.4 is 0 Å². The molecular weight excluding hydrogens is 172 g/mol. The van der Waals surface area contributed by atoms with Crippen molar-refractivity contribution in [2.24, 2.45) is 5.92 Å². The van der Waals surface area contributed by atoms with Crippen molar-refractivity contribution in [3.05, 3.63) is 0 Å². The molecule has 0 aromatic heterocycles. The van der Waals surface area contributed by atoms with Gasteiger partial charge in [0.2, 0.25) is 0 Å². The summed E-state index contributed by atoms with van der Waals surface area (Å²) in [6, 6.07) is 1.54. The van der Waals surface area contributed by atoms with Gasteiger partial charge < -0.3 is 4.90 Å². The molecule has 2 heteroatoms. The first-order valence-corrected chi connectivity index (χ1v) is 5.95. The first kappa shape index (κ1) is 12.0. The van der Waals surface area contributed by atoms with Gasteiger partial charge in [-0.05, 0) is 39.8 Å². The van der Waals surface area contributed by atoms with Gasteiger partial charge in [0.1, 0.15) is 0 Å². The van der Waals surface area contributed by atoms with E-state index in [1.165, 1.54) is 26.1 Å². The predicted molar refractivity (Wildman–Crippen MR) is 62.6 cm³/mol. The lowest BCUT2D eigenvalue weighted by Crippen LogP contribution is -2.60. The van der Waals surface area contributed by atoms with E-state index in [0.29, 0.717) is 0 Å². The minimum atomic E-state index is 0.727. The van der Waals surface area contributed by atoms with E-state index < -0.39 is 0 Å². The van der Waals surface area contributed by atoms with E-state index in [0.717, 1.165) is 18.0 Å². The SMILES string of the molecule is CC(C)CCN(C)C1CN(C(C)C)C1. The molecule has 0 bridgehead atoms. The number of nitrogens with zero attached hydrogens (tertiary/aromatic N) is 2. The van der Waals surface area contributed by atoms with Crippen LogP contribution in [-0.2, 0) is 0 Å². The Balaban J connectivity index is 2.13. The zero-order valence-electron chi connectivity index (χ0n) is 10.5. The van der Waals surface area contributed by atoms with Gasteiger partial charge in [-0.25, -0.2) is 0 Å². The Hall–Kier alpha value is -0.0800. The fourth-order valence-electron chi connectivity index (χ4n) is 1.83. The van der Waals surface area contributed by atoms with E-state index in [4.69, 9.17) is 0 Å². The first-order chi connectivity index (χ1) is 6.50. The van der Waals surface area contributed by atoms with E-state index in [2.05, 4.69) is 44.5 Å². The highest BCUT2D eigenvalue weighted by Gasteiger charge is 2.30. The Kier molecular flexibility index (Phi) is 4.39. The summed E-state index contributed by atoms with van der Waals surface area (Å²) in [6.07, 6.45) is 1.33. The lowest BCUT2D eigenvalue weighted by Gasteiger charge is -2.46. The zero-order chi connectivity index (χ0) is 10.7. The van der Waals surface area contributed by atoms with E-state index in [1.807, 2.05) is 0 Å². The predicted octanol–water partition coefficient (Wildman–Crippen LogP) is 2.06. The van der Waals surface area contributed by atoms with Gasteiger partial charge in [-0.2, -0.15) is 0 Å². The second-order valence-corrected chi connectivity index (χ2v) is 5.36. The summed E-state index contributed by atoms with van der Waals surface area (Å²) in [5.41, 5.74) is 0. The topological polar surface area (TPSA) is 6.48 Å². The largest absolute Gasteiger partial charge is 0.301 e. The van der Waals surface area contributed by atoms with Gasteiger partial charge in [-0.1, -0.05) is 13.8 Å². The van der Waals surface area contributed by atoms with E-state index in [1.54, 1.807) is 0 Å². The molecule has 0 radical (unpaired) electrons. The van der Waals surface area contributed by atoms with Crippen LogP contribution in [0.25, 0.3) is 0 Å². The lowest BCUT2D eigenvalue weighted by atomic mass is 10.0. The molecule has 0 aliphatic carbocycles. The van der Waals surface area contributed by atoms with Crippen LogP contribution in [0.15, 0.2) is 0 Å². The molecule has 1 aliphatic heterocycles. The maximum Gasteiger partial charge on any atom is 0.0347 e. The van der Waals surface area contributed by atoms with Crippen molar-refractivity contribution in [3.63, 3.8) is 0 Å². The van der Waals surface area contributed by atoms with E-state index in [-0.39, 0.29) is 0 Å². The number of hydrogen-bond donors (Lipinski definition) is 0. The monoisotopic (exact) mass is 198 g/mol. The molecule has 84 valence electrons. The molecule has 1 fully saturated rings. The molecule has 0 amide bonds. The van der Waals surface area contributed by atoms with Crippen LogP contribution in [0.1, 0.15) is 34.1 Å². The number of rotatable bonds is 5. The van der Waals surface area contributed by atoms with Gasteiger partial charge >= 0.3 is 0 Å². The third-order valence-corrected chi connectivity index (χ3v) is 3.30. The molecule has 0 N–H and O–H groups in total. The summed E-state index contributed by atoms with van der Waals surface area (Å²) in [5.74, 6) is 0.832. The van der Waals surface area contributed by atoms with Gasteiger partial charge in [0.25, 0.3) is 0 Å². The maximum absolute atomic E-state index is 2.54. The molecular formula is C12H26N2. The molecule has 1 aliphatic rings. The highest BCUT2D eigenvalue weighted by Crippen LogP contribution is 2.17. The maximum atomic E-state index is 2.54. The second kappa shape index (κ2) is 5.13. The van der Waals surface area contributed by atoms with Crippen LogP contribution in [0.2, 0.25) is 0 Å². The summed E-state index contributed by atoms with van der Waals surface area (Å²) < 4.78 is 0. The summed E-state index contributed by atoms with van der Waals surface area (Å²) >= 11 is 0. The van der Waals surface area contributed by atoms with Gasteiger partial charge in [-0.3, -0.25) is 4.90 Å². The molecule has 0 aromatic carbocycles. The molecule has 0 atom stereocenters. The van der Waals surface area contributed by atoms with Crippen LogP contribution in [0.3, 0.4) is 0 Å². The summed E-state index contributed by atoms with van der Waals surface area (Å²) in [6.45, 7) is 13.0. The molecule has 14 heavy (non-hydrogen) atoms. The smallest absolute Gasteiger partial charge is 0.0347 e. The standard InChI is InChI=1S/C12H26N2/c1-10(2)6-7-13(5)12-8-14(9-12)11(3)4/h10-12H,6-9H2,1-5H3. The molecule has 0 unspecified atom stereocenters. The summed E-state index contributed by atoms with van der Waals surface area (Å²) in [5, 5.41) is 0. The van der Waals surface area contributed by atoms with Crippen molar-refractivity contribution in [2.45, 2.75) is 46.2 Å². The van der Waals surface area contributed by atoms with Crippen molar-refractivity contribution in [1.29, 1.82) is 0 Å². The minimum absolute atomic E-state index is 0.727. The average molecular weight is 198 g/mol. The third-order valence-electron chi connectivity index (χ3n) is 3.30. The Labute approximate surface area is 89.3 Å². The van der Waals surface area contributed by atoms with Crippen molar-refractivity contribution in [3.8, 4) is 0 Å². The van der Waals surface area contributed by atoms with Crippen LogP contribution >= 0.6 is 0 Å². The Morgan fingerprint density at radius 1 is 1.21 bits per heavy atom. The fraction of sp³-hybridized carbons (Fsp3) is 1.00. The van der Waals surface area contributed by atoms with Crippen LogP contribution in [0.4, 0.5) is 0 Å². The van der Waals surface area contributed by atoms with Crippen molar-refractivity contribution < 1.29 is 0 Å². The molecule has 0 spiro atoms. The van der Waals surface area contributed by atoms with Gasteiger partial charge in [0.05, 0.1) is 0 Å². The number of likely N-dealkylation sites (N-methyl/N-ethyl adjacent to an activating group) is 1. The van der Waals surface area contributed by atoms with Crippen molar-refractivity contribution >= 4 is 0 Å². The Morgan fingerprint density at radius 2 is 1.79 bits per heavy atom. The highest BCUT2D eigenvalue weighted by molar-refractivity contribution is 4.88. The summed E-state index contributed by atoms with van der Waals surface area (Å²) in [7, 11) is 2.27. The van der Waals surface area contributed by atoms with Gasteiger partial charge in [-0.15, -0.1) is 0 Å². The fourth-order valence-corrected chi connectivity index (χ4v) is 1.83. The molecule has 1 saturated heterocycles. The lowest BCUT2D eigenvalue weighted by molar-refractivity contribution is 0.0253. The third kappa shape index (κ3) is 3.25. The number of hydrogen-bond acceptors (Lipinski definition) is 2. The van der Waals surface area contributed by atoms with E-state index in [9.17, 15) is 0 Å². The first-order valence-electron chi connectivity index (χ1n) is 5.95. The normalized spacial score (nSPS) is 19.7. The molecule has 1 rings (SSSR count). The minimum Gasteiger partial charge on any atom is -0.301 e. The molecule has 0 aromatic rings. The van der Waals surface area contributed by atoms with Crippen LogP contribution in [0.5, 0.6) is 0 Å². The highest BCUT2D eigenvalue weighted by atomic mass is 15.3. The Bertz CT molecular complexity index is 157. The summed E-state index contributed by atoms with van der Waals surface area (Å²) in [4.78, 5) is 5.06. The van der Waals surface area contributed by atoms with Crippen LogP contribution in [-0.4, -0.2) is 48.6 Å². The molecule has 0 saturated carbocycles. The second-order valence-electron chi connectivity index (χ2n) is 5.36. The van der Waals surface area contributed by atoms with Gasteiger partial charge in [0.15, 0.2) is 0 Å². The molecule has 2 nitrogen and oxygen atoms in total. The van der Waals surface area contributed by atoms with Crippen molar-refractivity contribution in [1.82, 2.24) is 9.80 Å².